The molecule has 1 atom stereocenters. The normalized spacial score (nSPS) is 17.9. The molecule has 0 bridgehead atoms. The summed E-state index contributed by atoms with van der Waals surface area (Å²) in [6.07, 6.45) is 1.95. The van der Waals surface area contributed by atoms with Crippen LogP contribution in [0.15, 0.2) is 18.2 Å². The van der Waals surface area contributed by atoms with Crippen LogP contribution >= 0.6 is 0 Å². The lowest BCUT2D eigenvalue weighted by molar-refractivity contribution is -0.384. The number of ether oxygens (including phenoxy) is 1. The number of nitriles is 1. The predicted molar refractivity (Wildman–Crippen MR) is 69.8 cm³/mol. The van der Waals surface area contributed by atoms with E-state index in [1.54, 1.807) is 0 Å². The van der Waals surface area contributed by atoms with Crippen molar-refractivity contribution in [1.82, 2.24) is 0 Å². The Morgan fingerprint density at radius 2 is 2.42 bits per heavy atom. The van der Waals surface area contributed by atoms with Crippen LogP contribution in [-0.2, 0) is 4.74 Å². The fourth-order valence-corrected chi connectivity index (χ4v) is 2.13. The maximum absolute atomic E-state index is 10.9. The van der Waals surface area contributed by atoms with Gasteiger partial charge in [-0.2, -0.15) is 5.26 Å². The van der Waals surface area contributed by atoms with Gasteiger partial charge in [-0.05, 0) is 30.9 Å². The highest BCUT2D eigenvalue weighted by Crippen LogP contribution is 2.26. The molecule has 0 radical (unpaired) electrons. The van der Waals surface area contributed by atoms with E-state index in [-0.39, 0.29) is 5.69 Å². The molecule has 6 nitrogen and oxygen atoms in total. The fourth-order valence-electron chi connectivity index (χ4n) is 2.13. The molecule has 1 fully saturated rings. The monoisotopic (exact) mass is 261 g/mol. The van der Waals surface area contributed by atoms with E-state index >= 15 is 0 Å². The molecule has 1 N–H and O–H groups in total. The molecule has 0 spiro atoms. The van der Waals surface area contributed by atoms with Crippen molar-refractivity contribution in [1.29, 1.82) is 5.26 Å². The first-order chi connectivity index (χ1) is 9.20. The van der Waals surface area contributed by atoms with Crippen LogP contribution in [0.25, 0.3) is 0 Å². The number of nitro groups is 1. The molecule has 1 aromatic carbocycles. The summed E-state index contributed by atoms with van der Waals surface area (Å²) >= 11 is 0. The highest BCUT2D eigenvalue weighted by atomic mass is 16.6. The first kappa shape index (κ1) is 13.3. The molecule has 1 aromatic rings. The lowest BCUT2D eigenvalue weighted by atomic mass is 10.1. The number of hydrogen-bond acceptors (Lipinski definition) is 5. The van der Waals surface area contributed by atoms with Crippen LogP contribution < -0.4 is 5.32 Å². The number of nitrogens with one attached hydrogen (secondary N) is 1. The van der Waals surface area contributed by atoms with E-state index in [4.69, 9.17) is 10.00 Å². The van der Waals surface area contributed by atoms with Gasteiger partial charge in [0.1, 0.15) is 5.69 Å². The molecule has 0 aliphatic carbocycles. The Bertz CT molecular complexity index is 504. The molecule has 1 heterocycles. The second-order valence-corrected chi connectivity index (χ2v) is 4.55. The average molecular weight is 261 g/mol. The van der Waals surface area contributed by atoms with Gasteiger partial charge >= 0.3 is 0 Å². The van der Waals surface area contributed by atoms with E-state index < -0.39 is 4.92 Å². The van der Waals surface area contributed by atoms with Gasteiger partial charge in [-0.15, -0.1) is 0 Å². The fraction of sp³-hybridized carbons (Fsp3) is 0.462. The van der Waals surface area contributed by atoms with Gasteiger partial charge < -0.3 is 10.1 Å². The largest absolute Gasteiger partial charge is 0.381 e. The van der Waals surface area contributed by atoms with Crippen LogP contribution in [0.2, 0.25) is 0 Å². The Morgan fingerprint density at radius 3 is 3.05 bits per heavy atom. The van der Waals surface area contributed by atoms with Gasteiger partial charge in [0, 0.05) is 25.8 Å². The Balaban J connectivity index is 2.00. The van der Waals surface area contributed by atoms with Crippen molar-refractivity contribution in [3.05, 3.63) is 33.9 Å². The molecular formula is C13H15N3O3. The first-order valence-electron chi connectivity index (χ1n) is 6.21. The Hall–Kier alpha value is -2.13. The Morgan fingerprint density at radius 1 is 1.58 bits per heavy atom. The third kappa shape index (κ3) is 3.42. The van der Waals surface area contributed by atoms with Gasteiger partial charge in [0.05, 0.1) is 16.6 Å². The summed E-state index contributed by atoms with van der Waals surface area (Å²) in [6, 6.07) is 6.31. The molecule has 19 heavy (non-hydrogen) atoms. The number of nitrogens with zero attached hydrogens (tertiary/aromatic N) is 2. The number of anilines is 1. The molecule has 0 amide bonds. The summed E-state index contributed by atoms with van der Waals surface area (Å²) < 4.78 is 5.28. The lowest BCUT2D eigenvalue weighted by Crippen LogP contribution is -2.10. The smallest absolute Gasteiger partial charge is 0.292 e. The minimum atomic E-state index is -0.442. The van der Waals surface area contributed by atoms with Gasteiger partial charge in [0.2, 0.25) is 0 Å². The zero-order valence-electron chi connectivity index (χ0n) is 10.5. The Kier molecular flexibility index (Phi) is 4.31. The molecule has 0 saturated carbocycles. The van der Waals surface area contributed by atoms with E-state index in [1.165, 1.54) is 18.2 Å². The Labute approximate surface area is 111 Å². The third-order valence-electron chi connectivity index (χ3n) is 3.21. The molecule has 1 unspecified atom stereocenters. The van der Waals surface area contributed by atoms with Crippen molar-refractivity contribution in [2.45, 2.75) is 12.8 Å². The van der Waals surface area contributed by atoms with Crippen LogP contribution in [0.1, 0.15) is 18.4 Å². The highest BCUT2D eigenvalue weighted by molar-refractivity contribution is 5.64. The van der Waals surface area contributed by atoms with Crippen LogP contribution in [0.5, 0.6) is 0 Å². The minimum Gasteiger partial charge on any atom is -0.381 e. The molecule has 100 valence electrons. The van der Waals surface area contributed by atoms with Gasteiger partial charge in [-0.1, -0.05) is 0 Å². The lowest BCUT2D eigenvalue weighted by Gasteiger charge is -2.10. The van der Waals surface area contributed by atoms with Crippen molar-refractivity contribution in [2.75, 3.05) is 25.1 Å². The van der Waals surface area contributed by atoms with Gasteiger partial charge in [0.25, 0.3) is 5.69 Å². The predicted octanol–water partition coefficient (Wildman–Crippen LogP) is 2.30. The number of benzene rings is 1. The highest BCUT2D eigenvalue weighted by Gasteiger charge is 2.17. The maximum atomic E-state index is 10.9. The third-order valence-corrected chi connectivity index (χ3v) is 3.21. The molecule has 0 aromatic heterocycles. The first-order valence-corrected chi connectivity index (χ1v) is 6.21. The summed E-state index contributed by atoms with van der Waals surface area (Å²) in [5.41, 5.74) is 0.821. The van der Waals surface area contributed by atoms with Crippen molar-refractivity contribution < 1.29 is 9.66 Å². The summed E-state index contributed by atoms with van der Waals surface area (Å²) in [4.78, 5) is 10.5. The van der Waals surface area contributed by atoms with Gasteiger partial charge in [-0.3, -0.25) is 10.1 Å². The summed E-state index contributed by atoms with van der Waals surface area (Å²) in [5.74, 6) is 0.519. The average Bonchev–Trinajstić information content (AvgIpc) is 2.91. The molecular weight excluding hydrogens is 246 g/mol. The number of rotatable bonds is 5. The zero-order valence-corrected chi connectivity index (χ0v) is 10.5. The van der Waals surface area contributed by atoms with Crippen molar-refractivity contribution >= 4 is 11.4 Å². The second kappa shape index (κ2) is 6.16. The molecule has 1 aliphatic heterocycles. The molecule has 1 saturated heterocycles. The van der Waals surface area contributed by atoms with Crippen molar-refractivity contribution in [2.24, 2.45) is 5.92 Å². The van der Waals surface area contributed by atoms with E-state index in [9.17, 15) is 10.1 Å². The van der Waals surface area contributed by atoms with Gasteiger partial charge in [0.15, 0.2) is 0 Å². The summed E-state index contributed by atoms with van der Waals surface area (Å²) in [5, 5.41) is 22.8. The van der Waals surface area contributed by atoms with Crippen LogP contribution in [0.4, 0.5) is 11.4 Å². The van der Waals surface area contributed by atoms with Gasteiger partial charge in [-0.25, -0.2) is 0 Å². The van der Waals surface area contributed by atoms with Crippen molar-refractivity contribution in [3.63, 3.8) is 0 Å². The van der Waals surface area contributed by atoms with Crippen LogP contribution in [0, 0.1) is 27.4 Å². The molecule has 6 heteroatoms. The number of nitro benzene ring substituents is 1. The van der Waals surface area contributed by atoms with Crippen LogP contribution in [-0.4, -0.2) is 24.7 Å². The number of hydrogen-bond donors (Lipinski definition) is 1. The quantitative estimate of drug-likeness (QED) is 0.649. The standard InChI is InChI=1S/C13H15N3O3/c14-8-11-1-2-13(16(17)18)12(7-11)15-5-3-10-4-6-19-9-10/h1-2,7,10,15H,3-6,9H2. The molecule has 1 aliphatic rings. The van der Waals surface area contributed by atoms with E-state index in [2.05, 4.69) is 5.32 Å². The zero-order chi connectivity index (χ0) is 13.7. The summed E-state index contributed by atoms with van der Waals surface area (Å²) in [7, 11) is 0. The summed E-state index contributed by atoms with van der Waals surface area (Å²) in [6.45, 7) is 2.21. The van der Waals surface area contributed by atoms with Crippen LogP contribution in [0.3, 0.4) is 0 Å². The van der Waals surface area contributed by atoms with E-state index in [0.29, 0.717) is 23.7 Å². The SMILES string of the molecule is N#Cc1ccc([N+](=O)[O-])c(NCCC2CCOC2)c1. The van der Waals surface area contributed by atoms with Crippen molar-refractivity contribution in [3.8, 4) is 6.07 Å². The van der Waals surface area contributed by atoms with E-state index in [1.807, 2.05) is 6.07 Å². The molecule has 2 rings (SSSR count). The maximum Gasteiger partial charge on any atom is 0.292 e. The van der Waals surface area contributed by atoms with E-state index in [0.717, 1.165) is 26.1 Å². The topological polar surface area (TPSA) is 88.2 Å². The minimum absolute atomic E-state index is 0.00155. The second-order valence-electron chi connectivity index (χ2n) is 4.55.